The summed E-state index contributed by atoms with van der Waals surface area (Å²) in [5.74, 6) is -2.50. The molecule has 5 amide bonds. The second kappa shape index (κ2) is 16.0. The van der Waals surface area contributed by atoms with E-state index in [4.69, 9.17) is 0 Å². The zero-order valence-corrected chi connectivity index (χ0v) is 30.7. The smallest absolute Gasteiger partial charge is 0.272 e. The highest BCUT2D eigenvalue weighted by atomic mass is 32.1. The summed E-state index contributed by atoms with van der Waals surface area (Å²) in [7, 11) is 0. The molecule has 0 spiro atoms. The maximum atomic E-state index is 14.7. The molecule has 3 saturated carbocycles. The molecular formula is C36H55N7O6S. The van der Waals surface area contributed by atoms with Crippen LogP contribution in [-0.2, 0) is 19.2 Å². The SMILES string of the molecule is CCC[C@H](NC(=O)[C@@H]1[C@H]2CCC[C@H]2CN1C(=O)[C@@H](NC(=O)[C@@H](NC(=O)c1cnccn1)C1CCCCC1)C(C)(C)C)[C@](O)(S)C(=O)NC1CC1. The van der Waals surface area contributed by atoms with Crippen molar-refractivity contribution in [2.75, 3.05) is 6.54 Å². The topological polar surface area (TPSA) is 183 Å². The van der Waals surface area contributed by atoms with E-state index in [-0.39, 0.29) is 35.4 Å². The number of rotatable bonds is 13. The number of aliphatic hydroxyl groups is 1. The van der Waals surface area contributed by atoms with E-state index in [0.29, 0.717) is 19.4 Å². The van der Waals surface area contributed by atoms with E-state index in [1.54, 1.807) is 4.90 Å². The van der Waals surface area contributed by atoms with Crippen molar-refractivity contribution in [3.8, 4) is 0 Å². The molecule has 1 aromatic rings. The Morgan fingerprint density at radius 1 is 0.960 bits per heavy atom. The lowest BCUT2D eigenvalue weighted by Crippen LogP contribution is -2.63. The maximum Gasteiger partial charge on any atom is 0.272 e. The highest BCUT2D eigenvalue weighted by molar-refractivity contribution is 7.82. The highest BCUT2D eigenvalue weighted by Crippen LogP contribution is 2.43. The van der Waals surface area contributed by atoms with Crippen LogP contribution in [-0.4, -0.2) is 91.2 Å². The Morgan fingerprint density at radius 3 is 2.30 bits per heavy atom. The number of hydrogen-bond acceptors (Lipinski definition) is 9. The molecule has 276 valence electrons. The van der Waals surface area contributed by atoms with E-state index in [0.717, 1.165) is 64.2 Å². The minimum absolute atomic E-state index is 0.00364. The van der Waals surface area contributed by atoms with Crippen molar-refractivity contribution >= 4 is 42.2 Å². The molecule has 0 aromatic carbocycles. The average Bonchev–Trinajstić information content (AvgIpc) is 3.66. The molecule has 2 heterocycles. The van der Waals surface area contributed by atoms with Crippen molar-refractivity contribution < 1.29 is 29.1 Å². The highest BCUT2D eigenvalue weighted by Gasteiger charge is 2.53. The van der Waals surface area contributed by atoms with Gasteiger partial charge in [-0.15, -0.1) is 12.6 Å². The second-order valence-electron chi connectivity index (χ2n) is 15.9. The fourth-order valence-electron chi connectivity index (χ4n) is 8.01. The third-order valence-electron chi connectivity index (χ3n) is 11.0. The average molecular weight is 714 g/mol. The number of thiol groups is 1. The number of carbonyl (C=O) groups excluding carboxylic acids is 5. The van der Waals surface area contributed by atoms with Gasteiger partial charge in [-0.2, -0.15) is 0 Å². The molecule has 1 saturated heterocycles. The largest absolute Gasteiger partial charge is 0.369 e. The summed E-state index contributed by atoms with van der Waals surface area (Å²) in [6.07, 6.45) is 13.8. The van der Waals surface area contributed by atoms with E-state index in [1.807, 2.05) is 27.7 Å². The zero-order valence-electron chi connectivity index (χ0n) is 29.8. The van der Waals surface area contributed by atoms with Crippen LogP contribution in [0.1, 0.15) is 115 Å². The number of nitrogens with one attached hydrogen (secondary N) is 4. The first kappa shape index (κ1) is 38.0. The molecule has 1 aromatic heterocycles. The van der Waals surface area contributed by atoms with Gasteiger partial charge in [0.25, 0.3) is 11.8 Å². The van der Waals surface area contributed by atoms with Gasteiger partial charge < -0.3 is 31.3 Å². The van der Waals surface area contributed by atoms with E-state index in [9.17, 15) is 29.1 Å². The van der Waals surface area contributed by atoms with Crippen LogP contribution in [0, 0.1) is 23.2 Å². The lowest BCUT2D eigenvalue weighted by Gasteiger charge is -2.39. The van der Waals surface area contributed by atoms with Gasteiger partial charge in [-0.25, -0.2) is 4.98 Å². The Hall–Kier alpha value is -3.26. The Bertz CT molecular complexity index is 1390. The number of hydrogen-bond donors (Lipinski definition) is 6. The molecule has 4 aliphatic rings. The van der Waals surface area contributed by atoms with Gasteiger partial charge in [-0.05, 0) is 68.1 Å². The van der Waals surface area contributed by atoms with Gasteiger partial charge in [0.05, 0.1) is 12.2 Å². The predicted molar refractivity (Wildman–Crippen MR) is 190 cm³/mol. The van der Waals surface area contributed by atoms with Crippen LogP contribution in [0.25, 0.3) is 0 Å². The van der Waals surface area contributed by atoms with Crippen LogP contribution in [0.2, 0.25) is 0 Å². The fraction of sp³-hybridized carbons (Fsp3) is 0.750. The summed E-state index contributed by atoms with van der Waals surface area (Å²) in [6, 6.07) is -3.70. The molecule has 0 bridgehead atoms. The normalized spacial score (nSPS) is 25.4. The van der Waals surface area contributed by atoms with Crippen molar-refractivity contribution in [2.45, 2.75) is 140 Å². The summed E-state index contributed by atoms with van der Waals surface area (Å²) in [5.41, 5.74) is -0.643. The first-order valence-corrected chi connectivity index (χ1v) is 18.9. The molecule has 5 rings (SSSR count). The Kier molecular flexibility index (Phi) is 12.1. The zero-order chi connectivity index (χ0) is 36.2. The summed E-state index contributed by atoms with van der Waals surface area (Å²) in [6.45, 7) is 7.86. The van der Waals surface area contributed by atoms with Gasteiger partial charge in [-0.1, -0.05) is 59.8 Å². The van der Waals surface area contributed by atoms with Gasteiger partial charge >= 0.3 is 0 Å². The van der Waals surface area contributed by atoms with Gasteiger partial charge in [0.2, 0.25) is 22.7 Å². The lowest BCUT2D eigenvalue weighted by atomic mass is 9.82. The molecular weight excluding hydrogens is 659 g/mol. The fourth-order valence-corrected chi connectivity index (χ4v) is 8.27. The van der Waals surface area contributed by atoms with Crippen LogP contribution in [0.4, 0.5) is 0 Å². The van der Waals surface area contributed by atoms with Gasteiger partial charge in [0, 0.05) is 25.0 Å². The molecule has 50 heavy (non-hydrogen) atoms. The van der Waals surface area contributed by atoms with E-state index in [1.165, 1.54) is 18.6 Å². The molecule has 0 radical (unpaired) electrons. The van der Waals surface area contributed by atoms with E-state index < -0.39 is 58.1 Å². The molecule has 14 heteroatoms. The Labute approximate surface area is 300 Å². The van der Waals surface area contributed by atoms with Crippen LogP contribution in [0.3, 0.4) is 0 Å². The van der Waals surface area contributed by atoms with Crippen molar-refractivity contribution in [3.05, 3.63) is 24.3 Å². The van der Waals surface area contributed by atoms with Gasteiger partial charge in [0.15, 0.2) is 0 Å². The van der Waals surface area contributed by atoms with Gasteiger partial charge in [0.1, 0.15) is 23.8 Å². The van der Waals surface area contributed by atoms with Crippen molar-refractivity contribution in [1.82, 2.24) is 36.1 Å². The quantitative estimate of drug-likeness (QED) is 0.133. The molecule has 7 atom stereocenters. The first-order valence-electron chi connectivity index (χ1n) is 18.5. The van der Waals surface area contributed by atoms with E-state index in [2.05, 4.69) is 43.9 Å². The number of nitrogens with zero attached hydrogens (tertiary/aromatic N) is 3. The molecule has 3 aliphatic carbocycles. The molecule has 0 unspecified atom stereocenters. The van der Waals surface area contributed by atoms with Crippen LogP contribution in [0.5, 0.6) is 0 Å². The molecule has 4 fully saturated rings. The third kappa shape index (κ3) is 8.78. The maximum absolute atomic E-state index is 14.7. The monoisotopic (exact) mass is 713 g/mol. The number of fused-ring (bicyclic) bond motifs is 1. The number of amides is 5. The van der Waals surface area contributed by atoms with Crippen LogP contribution >= 0.6 is 12.6 Å². The molecule has 5 N–H and O–H groups in total. The van der Waals surface area contributed by atoms with Gasteiger partial charge in [-0.3, -0.25) is 29.0 Å². The summed E-state index contributed by atoms with van der Waals surface area (Å²) < 4.78 is 0. The minimum Gasteiger partial charge on any atom is -0.369 e. The summed E-state index contributed by atoms with van der Waals surface area (Å²) >= 11 is 4.35. The van der Waals surface area contributed by atoms with Crippen molar-refractivity contribution in [3.63, 3.8) is 0 Å². The molecule has 1 aliphatic heterocycles. The van der Waals surface area contributed by atoms with Crippen LogP contribution < -0.4 is 21.3 Å². The van der Waals surface area contributed by atoms with E-state index >= 15 is 0 Å². The number of likely N-dealkylation sites (tertiary alicyclic amines) is 1. The third-order valence-corrected chi connectivity index (χ3v) is 11.5. The summed E-state index contributed by atoms with van der Waals surface area (Å²) in [5, 5.41) is 22.9. The summed E-state index contributed by atoms with van der Waals surface area (Å²) in [4.78, 5) is 76.8. The Morgan fingerprint density at radius 2 is 1.68 bits per heavy atom. The van der Waals surface area contributed by atoms with Crippen molar-refractivity contribution in [2.24, 2.45) is 23.2 Å². The van der Waals surface area contributed by atoms with Crippen LogP contribution in [0.15, 0.2) is 18.6 Å². The predicted octanol–water partition coefficient (Wildman–Crippen LogP) is 2.50. The number of carbonyl (C=O) groups is 5. The Balaban J connectivity index is 1.37. The first-order chi connectivity index (χ1) is 23.7. The van der Waals surface area contributed by atoms with Crippen molar-refractivity contribution in [1.29, 1.82) is 0 Å². The number of aromatic nitrogens is 2. The lowest BCUT2D eigenvalue weighted by molar-refractivity contribution is -0.146. The standard InChI is InChI=1S/C36H55N7O6S/c1-5-10-26(36(49,50)34(48)39-23-15-16-23)40-32(46)28-24-14-9-13-22(24)20-43(28)33(47)29(35(2,3)4)42-31(45)27(21-11-7-6-8-12-21)41-30(44)25-19-37-17-18-38-25/h17-19,21-24,26-29,49-50H,5-16,20H2,1-4H3,(H,39,48)(H,40,46)(H,41,44)(H,42,45)/t22-,24-,26-,27-,28-,29+,36-/m0/s1. The minimum atomic E-state index is -2.14. The molecule has 13 nitrogen and oxygen atoms in total. The second-order valence-corrected chi connectivity index (χ2v) is 16.5.